The van der Waals surface area contributed by atoms with E-state index in [1.807, 2.05) is 6.07 Å². The average molecular weight is 437 g/mol. The van der Waals surface area contributed by atoms with Crippen LogP contribution in [0.3, 0.4) is 0 Å². The van der Waals surface area contributed by atoms with E-state index in [2.05, 4.69) is 70.2 Å². The van der Waals surface area contributed by atoms with E-state index in [1.165, 1.54) is 36.8 Å². The molecule has 0 amide bonds. The molecule has 6 unspecified atom stereocenters. The van der Waals surface area contributed by atoms with Crippen LogP contribution in [0.25, 0.3) is 0 Å². The smallest absolute Gasteiger partial charge is 0.207 e. The van der Waals surface area contributed by atoms with Crippen molar-refractivity contribution in [1.29, 1.82) is 0 Å². The van der Waals surface area contributed by atoms with Gasteiger partial charge in [0, 0.05) is 5.92 Å². The van der Waals surface area contributed by atoms with Crippen LogP contribution in [0.2, 0.25) is 0 Å². The number of hydrogen-bond acceptors (Lipinski definition) is 3. The number of rotatable bonds is 10. The number of methoxy groups -OCH3 is 1. The first-order chi connectivity index (χ1) is 15.5. The van der Waals surface area contributed by atoms with Crippen molar-refractivity contribution in [2.24, 2.45) is 17.8 Å². The Kier molecular flexibility index (Phi) is 7.45. The zero-order valence-electron chi connectivity index (χ0n) is 20.4. The van der Waals surface area contributed by atoms with Gasteiger partial charge in [-0.3, -0.25) is 0 Å². The predicted molar refractivity (Wildman–Crippen MR) is 130 cm³/mol. The number of hydrogen-bond donors (Lipinski definition) is 0. The van der Waals surface area contributed by atoms with E-state index < -0.39 is 0 Å². The molecule has 3 heteroatoms. The summed E-state index contributed by atoms with van der Waals surface area (Å²) in [5.41, 5.74) is 2.57. The largest absolute Gasteiger partial charge is 0.497 e. The lowest BCUT2D eigenvalue weighted by atomic mass is 9.87. The third-order valence-corrected chi connectivity index (χ3v) is 7.79. The number of benzene rings is 2. The summed E-state index contributed by atoms with van der Waals surface area (Å²) in [5.74, 6) is 4.35. The fourth-order valence-corrected chi connectivity index (χ4v) is 5.66. The van der Waals surface area contributed by atoms with E-state index in [0.29, 0.717) is 23.9 Å². The monoisotopic (exact) mass is 436 g/mol. The lowest BCUT2D eigenvalue weighted by Crippen LogP contribution is -2.37. The molecule has 0 aliphatic heterocycles. The SMILES string of the molecule is CCC(C)c1ccc(OC(OC2CC3CCC2C3)C(c2cccc(OC)c2)C(C)C)cc1. The minimum atomic E-state index is -0.319. The van der Waals surface area contributed by atoms with E-state index in [0.717, 1.165) is 23.8 Å². The van der Waals surface area contributed by atoms with Gasteiger partial charge in [0.2, 0.25) is 6.29 Å². The standard InChI is InChI=1S/C29H40O3/c1-6-20(4)22-12-14-25(15-13-22)31-29(32-27-17-21-10-11-23(27)16-21)28(19(2)3)24-8-7-9-26(18-24)30-5/h7-9,12-15,18-21,23,27-29H,6,10-11,16-17H2,1-5H3. The highest BCUT2D eigenvalue weighted by Gasteiger charge is 2.43. The molecule has 2 aromatic carbocycles. The highest BCUT2D eigenvalue weighted by molar-refractivity contribution is 5.33. The second-order valence-electron chi connectivity index (χ2n) is 10.3. The molecule has 32 heavy (non-hydrogen) atoms. The maximum Gasteiger partial charge on any atom is 0.207 e. The molecule has 2 aliphatic rings. The second-order valence-corrected chi connectivity index (χ2v) is 10.3. The van der Waals surface area contributed by atoms with Gasteiger partial charge in [-0.1, -0.05) is 52.0 Å². The molecule has 2 aliphatic carbocycles. The first-order valence-corrected chi connectivity index (χ1v) is 12.5. The third kappa shape index (κ3) is 5.14. The van der Waals surface area contributed by atoms with Gasteiger partial charge in [-0.05, 0) is 91.2 Å². The van der Waals surface area contributed by atoms with E-state index in [9.17, 15) is 0 Å². The van der Waals surface area contributed by atoms with E-state index in [-0.39, 0.29) is 12.2 Å². The molecule has 2 bridgehead atoms. The molecule has 0 radical (unpaired) electrons. The molecular weight excluding hydrogens is 396 g/mol. The first kappa shape index (κ1) is 23.2. The summed E-state index contributed by atoms with van der Waals surface area (Å²) in [6.07, 6.45) is 6.31. The van der Waals surface area contributed by atoms with Crippen molar-refractivity contribution in [3.05, 3.63) is 59.7 Å². The first-order valence-electron chi connectivity index (χ1n) is 12.5. The van der Waals surface area contributed by atoms with Crippen LogP contribution in [-0.4, -0.2) is 19.5 Å². The Morgan fingerprint density at radius 2 is 1.69 bits per heavy atom. The maximum atomic E-state index is 6.84. The number of fused-ring (bicyclic) bond motifs is 2. The lowest BCUT2D eigenvalue weighted by Gasteiger charge is -2.35. The summed E-state index contributed by atoms with van der Waals surface area (Å²) < 4.78 is 19.0. The minimum Gasteiger partial charge on any atom is -0.497 e. The molecule has 2 saturated carbocycles. The highest BCUT2D eigenvalue weighted by atomic mass is 16.7. The van der Waals surface area contributed by atoms with Gasteiger partial charge in [-0.25, -0.2) is 0 Å². The zero-order valence-corrected chi connectivity index (χ0v) is 20.4. The van der Waals surface area contributed by atoms with E-state index in [4.69, 9.17) is 14.2 Å². The molecule has 2 aromatic rings. The van der Waals surface area contributed by atoms with Crippen LogP contribution < -0.4 is 9.47 Å². The second kappa shape index (κ2) is 10.3. The summed E-state index contributed by atoms with van der Waals surface area (Å²) in [4.78, 5) is 0. The summed E-state index contributed by atoms with van der Waals surface area (Å²) >= 11 is 0. The molecule has 0 saturated heterocycles. The van der Waals surface area contributed by atoms with Crippen molar-refractivity contribution >= 4 is 0 Å². The quantitative estimate of drug-likeness (QED) is 0.360. The fraction of sp³-hybridized carbons (Fsp3) is 0.586. The normalized spacial score (nSPS) is 25.0. The van der Waals surface area contributed by atoms with Crippen molar-refractivity contribution < 1.29 is 14.2 Å². The van der Waals surface area contributed by atoms with Crippen molar-refractivity contribution in [3.8, 4) is 11.5 Å². The average Bonchev–Trinajstić information content (AvgIpc) is 3.42. The molecule has 6 atom stereocenters. The van der Waals surface area contributed by atoms with Crippen molar-refractivity contribution in [1.82, 2.24) is 0 Å². The van der Waals surface area contributed by atoms with Gasteiger partial charge in [0.15, 0.2) is 0 Å². The Morgan fingerprint density at radius 1 is 0.906 bits per heavy atom. The van der Waals surface area contributed by atoms with Crippen LogP contribution in [-0.2, 0) is 4.74 Å². The Bertz CT molecular complexity index is 859. The van der Waals surface area contributed by atoms with Gasteiger partial charge in [-0.2, -0.15) is 0 Å². The summed E-state index contributed by atoms with van der Waals surface area (Å²) in [6, 6.07) is 17.0. The van der Waals surface area contributed by atoms with E-state index >= 15 is 0 Å². The van der Waals surface area contributed by atoms with Crippen LogP contribution in [0.1, 0.15) is 82.8 Å². The van der Waals surface area contributed by atoms with Crippen LogP contribution in [0.15, 0.2) is 48.5 Å². The van der Waals surface area contributed by atoms with Gasteiger partial charge in [0.1, 0.15) is 11.5 Å². The molecule has 0 aromatic heterocycles. The Labute approximate surface area is 194 Å². The Balaban J connectivity index is 1.61. The maximum absolute atomic E-state index is 6.84. The third-order valence-electron chi connectivity index (χ3n) is 7.79. The molecular formula is C29H40O3. The van der Waals surface area contributed by atoms with Crippen molar-refractivity contribution in [2.75, 3.05) is 7.11 Å². The van der Waals surface area contributed by atoms with Crippen molar-refractivity contribution in [3.63, 3.8) is 0 Å². The van der Waals surface area contributed by atoms with Crippen LogP contribution in [0, 0.1) is 17.8 Å². The van der Waals surface area contributed by atoms with Gasteiger partial charge in [-0.15, -0.1) is 0 Å². The van der Waals surface area contributed by atoms with Gasteiger partial charge < -0.3 is 14.2 Å². The lowest BCUT2D eigenvalue weighted by molar-refractivity contribution is -0.152. The van der Waals surface area contributed by atoms with Crippen LogP contribution in [0.4, 0.5) is 0 Å². The molecule has 174 valence electrons. The summed E-state index contributed by atoms with van der Waals surface area (Å²) in [7, 11) is 1.72. The highest BCUT2D eigenvalue weighted by Crippen LogP contribution is 2.47. The molecule has 3 nitrogen and oxygen atoms in total. The molecule has 2 fully saturated rings. The van der Waals surface area contributed by atoms with Crippen molar-refractivity contribution in [2.45, 2.75) is 84.0 Å². The van der Waals surface area contributed by atoms with Gasteiger partial charge >= 0.3 is 0 Å². The van der Waals surface area contributed by atoms with Gasteiger partial charge in [0.25, 0.3) is 0 Å². The summed E-state index contributed by atoms with van der Waals surface area (Å²) in [6.45, 7) is 9.03. The number of ether oxygens (including phenoxy) is 3. The van der Waals surface area contributed by atoms with Gasteiger partial charge in [0.05, 0.1) is 13.2 Å². The molecule has 0 heterocycles. The molecule has 4 rings (SSSR count). The predicted octanol–water partition coefficient (Wildman–Crippen LogP) is 7.56. The Hall–Kier alpha value is -2.00. The fourth-order valence-electron chi connectivity index (χ4n) is 5.66. The zero-order chi connectivity index (χ0) is 22.7. The van der Waals surface area contributed by atoms with E-state index in [1.54, 1.807) is 7.11 Å². The summed E-state index contributed by atoms with van der Waals surface area (Å²) in [5, 5.41) is 0. The van der Waals surface area contributed by atoms with Crippen LogP contribution >= 0.6 is 0 Å². The Morgan fingerprint density at radius 3 is 2.28 bits per heavy atom. The minimum absolute atomic E-state index is 0.124. The van der Waals surface area contributed by atoms with Crippen LogP contribution in [0.5, 0.6) is 11.5 Å². The topological polar surface area (TPSA) is 27.7 Å². The molecule has 0 N–H and O–H groups in total. The molecule has 0 spiro atoms.